The van der Waals surface area contributed by atoms with E-state index in [4.69, 9.17) is 0 Å². The SMILES string of the molecule is CC(C)C(C)CN1C(=O)C(C(C)C)NC1c1ccccc1. The summed E-state index contributed by atoms with van der Waals surface area (Å²) in [6, 6.07) is 10.2. The van der Waals surface area contributed by atoms with Gasteiger partial charge in [0.15, 0.2) is 0 Å². The molecule has 0 saturated carbocycles. The quantitative estimate of drug-likeness (QED) is 0.900. The third-order valence-corrected chi connectivity index (χ3v) is 4.60. The summed E-state index contributed by atoms with van der Waals surface area (Å²) in [5.41, 5.74) is 1.17. The third kappa shape index (κ3) is 3.46. The van der Waals surface area contributed by atoms with Crippen molar-refractivity contribution in [2.45, 2.75) is 46.8 Å². The largest absolute Gasteiger partial charge is 0.321 e. The smallest absolute Gasteiger partial charge is 0.241 e. The number of hydrogen-bond donors (Lipinski definition) is 1. The van der Waals surface area contributed by atoms with Gasteiger partial charge in [0.05, 0.1) is 6.04 Å². The zero-order valence-corrected chi connectivity index (χ0v) is 13.8. The number of nitrogens with one attached hydrogen (secondary N) is 1. The van der Waals surface area contributed by atoms with Crippen LogP contribution in [0.5, 0.6) is 0 Å². The van der Waals surface area contributed by atoms with Crippen molar-refractivity contribution >= 4 is 5.91 Å². The topological polar surface area (TPSA) is 32.3 Å². The molecule has 0 aromatic heterocycles. The van der Waals surface area contributed by atoms with E-state index in [1.807, 2.05) is 23.1 Å². The lowest BCUT2D eigenvalue weighted by molar-refractivity contribution is -0.131. The molecule has 1 fully saturated rings. The van der Waals surface area contributed by atoms with E-state index in [9.17, 15) is 4.79 Å². The minimum atomic E-state index is -0.0745. The summed E-state index contributed by atoms with van der Waals surface area (Å²) in [4.78, 5) is 14.8. The average Bonchev–Trinajstić information content (AvgIpc) is 2.77. The summed E-state index contributed by atoms with van der Waals surface area (Å²) < 4.78 is 0. The molecule has 116 valence electrons. The van der Waals surface area contributed by atoms with E-state index in [2.05, 4.69) is 52.1 Å². The zero-order valence-electron chi connectivity index (χ0n) is 13.8. The number of amides is 1. The molecule has 1 saturated heterocycles. The van der Waals surface area contributed by atoms with Gasteiger partial charge in [-0.1, -0.05) is 65.0 Å². The van der Waals surface area contributed by atoms with E-state index in [0.717, 1.165) is 6.54 Å². The first-order valence-electron chi connectivity index (χ1n) is 8.03. The highest BCUT2D eigenvalue weighted by Gasteiger charge is 2.41. The normalized spacial score (nSPS) is 24.1. The van der Waals surface area contributed by atoms with Gasteiger partial charge in [0.1, 0.15) is 6.17 Å². The molecule has 1 heterocycles. The Morgan fingerprint density at radius 2 is 1.71 bits per heavy atom. The van der Waals surface area contributed by atoms with Crippen LogP contribution < -0.4 is 5.32 Å². The van der Waals surface area contributed by atoms with Crippen molar-refractivity contribution in [3.05, 3.63) is 35.9 Å². The number of carbonyl (C=O) groups excluding carboxylic acids is 1. The summed E-state index contributed by atoms with van der Waals surface area (Å²) in [6.07, 6.45) is 0.00676. The Kier molecular flexibility index (Phi) is 5.04. The van der Waals surface area contributed by atoms with Gasteiger partial charge in [-0.05, 0) is 23.3 Å². The van der Waals surface area contributed by atoms with Gasteiger partial charge in [-0.25, -0.2) is 0 Å². The van der Waals surface area contributed by atoms with Gasteiger partial charge in [-0.2, -0.15) is 0 Å². The molecule has 0 bridgehead atoms. The second-order valence-corrected chi connectivity index (χ2v) is 6.91. The standard InChI is InChI=1S/C18H28N2O/c1-12(2)14(5)11-20-17(15-9-7-6-8-10-15)19-16(13(3)4)18(20)21/h6-10,12-14,16-17,19H,11H2,1-5H3. The summed E-state index contributed by atoms with van der Waals surface area (Å²) >= 11 is 0. The first kappa shape index (κ1) is 16.0. The van der Waals surface area contributed by atoms with Crippen LogP contribution in [0.25, 0.3) is 0 Å². The highest BCUT2D eigenvalue weighted by molar-refractivity contribution is 5.84. The zero-order chi connectivity index (χ0) is 15.6. The van der Waals surface area contributed by atoms with Crippen LogP contribution in [-0.4, -0.2) is 23.4 Å². The van der Waals surface area contributed by atoms with Gasteiger partial charge in [0.25, 0.3) is 0 Å². The lowest BCUT2D eigenvalue weighted by Crippen LogP contribution is -2.37. The highest BCUT2D eigenvalue weighted by atomic mass is 16.2. The summed E-state index contributed by atoms with van der Waals surface area (Å²) in [6.45, 7) is 11.7. The molecule has 2 rings (SSSR count). The Bertz CT molecular complexity index is 469. The molecule has 3 atom stereocenters. The van der Waals surface area contributed by atoms with Crippen molar-refractivity contribution in [3.63, 3.8) is 0 Å². The van der Waals surface area contributed by atoms with Crippen LogP contribution in [-0.2, 0) is 4.79 Å². The van der Waals surface area contributed by atoms with Crippen molar-refractivity contribution in [2.24, 2.45) is 17.8 Å². The fraction of sp³-hybridized carbons (Fsp3) is 0.611. The molecule has 21 heavy (non-hydrogen) atoms. The van der Waals surface area contributed by atoms with E-state index >= 15 is 0 Å². The molecule has 1 N–H and O–H groups in total. The number of benzene rings is 1. The van der Waals surface area contributed by atoms with Crippen molar-refractivity contribution in [3.8, 4) is 0 Å². The molecule has 3 nitrogen and oxygen atoms in total. The minimum Gasteiger partial charge on any atom is -0.321 e. The lowest BCUT2D eigenvalue weighted by atomic mass is 9.97. The van der Waals surface area contributed by atoms with Gasteiger partial charge in [-0.3, -0.25) is 10.1 Å². The molecule has 3 unspecified atom stereocenters. The van der Waals surface area contributed by atoms with Gasteiger partial charge in [0.2, 0.25) is 5.91 Å². The van der Waals surface area contributed by atoms with E-state index in [1.165, 1.54) is 5.56 Å². The highest BCUT2D eigenvalue weighted by Crippen LogP contribution is 2.29. The van der Waals surface area contributed by atoms with Crippen LogP contribution in [0.15, 0.2) is 30.3 Å². The first-order chi connectivity index (χ1) is 9.91. The van der Waals surface area contributed by atoms with Gasteiger partial charge in [-0.15, -0.1) is 0 Å². The van der Waals surface area contributed by atoms with Crippen LogP contribution in [0, 0.1) is 17.8 Å². The first-order valence-corrected chi connectivity index (χ1v) is 8.03. The predicted molar refractivity (Wildman–Crippen MR) is 86.7 cm³/mol. The van der Waals surface area contributed by atoms with E-state index in [0.29, 0.717) is 17.8 Å². The van der Waals surface area contributed by atoms with Crippen LogP contribution in [0.3, 0.4) is 0 Å². The molecule has 1 aliphatic heterocycles. The van der Waals surface area contributed by atoms with Crippen LogP contribution >= 0.6 is 0 Å². The number of carbonyl (C=O) groups is 1. The molecular formula is C18H28N2O. The fourth-order valence-corrected chi connectivity index (χ4v) is 2.74. The van der Waals surface area contributed by atoms with Crippen molar-refractivity contribution in [1.82, 2.24) is 10.2 Å². The van der Waals surface area contributed by atoms with Crippen molar-refractivity contribution < 1.29 is 4.79 Å². The summed E-state index contributed by atoms with van der Waals surface area (Å²) in [5.74, 6) is 1.62. The molecule has 0 spiro atoms. The monoisotopic (exact) mass is 288 g/mol. The summed E-state index contributed by atoms with van der Waals surface area (Å²) in [7, 11) is 0. The molecule has 1 amide bonds. The van der Waals surface area contributed by atoms with Crippen molar-refractivity contribution in [1.29, 1.82) is 0 Å². The minimum absolute atomic E-state index is 0.00676. The number of nitrogens with zero attached hydrogens (tertiary/aromatic N) is 1. The fourth-order valence-electron chi connectivity index (χ4n) is 2.74. The van der Waals surface area contributed by atoms with Crippen LogP contribution in [0.2, 0.25) is 0 Å². The lowest BCUT2D eigenvalue weighted by Gasteiger charge is -2.29. The van der Waals surface area contributed by atoms with Crippen LogP contribution in [0.1, 0.15) is 46.3 Å². The Labute approximate surface area is 128 Å². The van der Waals surface area contributed by atoms with Gasteiger partial charge < -0.3 is 4.90 Å². The maximum absolute atomic E-state index is 12.8. The van der Waals surface area contributed by atoms with E-state index in [1.54, 1.807) is 0 Å². The Hall–Kier alpha value is -1.35. The van der Waals surface area contributed by atoms with Crippen LogP contribution in [0.4, 0.5) is 0 Å². The average molecular weight is 288 g/mol. The predicted octanol–water partition coefficient (Wildman–Crippen LogP) is 3.43. The number of rotatable bonds is 5. The van der Waals surface area contributed by atoms with Gasteiger partial charge >= 0.3 is 0 Å². The van der Waals surface area contributed by atoms with Crippen molar-refractivity contribution in [2.75, 3.05) is 6.54 Å². The molecule has 1 aliphatic rings. The van der Waals surface area contributed by atoms with E-state index < -0.39 is 0 Å². The number of hydrogen-bond acceptors (Lipinski definition) is 2. The molecular weight excluding hydrogens is 260 g/mol. The Morgan fingerprint density at radius 1 is 1.10 bits per heavy atom. The van der Waals surface area contributed by atoms with Gasteiger partial charge in [0, 0.05) is 6.54 Å². The summed E-state index contributed by atoms with van der Waals surface area (Å²) in [5, 5.41) is 3.53. The second-order valence-electron chi connectivity index (χ2n) is 6.91. The Balaban J connectivity index is 2.25. The Morgan fingerprint density at radius 3 is 2.24 bits per heavy atom. The molecule has 3 heteroatoms. The molecule has 1 aromatic carbocycles. The maximum Gasteiger partial charge on any atom is 0.241 e. The molecule has 0 radical (unpaired) electrons. The third-order valence-electron chi connectivity index (χ3n) is 4.60. The van der Waals surface area contributed by atoms with E-state index in [-0.39, 0.29) is 18.1 Å². The molecule has 1 aromatic rings. The molecule has 0 aliphatic carbocycles. The second kappa shape index (κ2) is 6.61. The maximum atomic E-state index is 12.8.